The molecule has 1 N–H and O–H groups in total. The minimum atomic E-state index is -0.513. The zero-order chi connectivity index (χ0) is 19.0. The number of benzene rings is 2. The first-order valence-electron chi connectivity index (χ1n) is 8.67. The summed E-state index contributed by atoms with van der Waals surface area (Å²) in [7, 11) is 1.56. The average Bonchev–Trinajstić information content (AvgIpc) is 3.22. The molecule has 1 unspecified atom stereocenters. The second kappa shape index (κ2) is 6.81. The standard InChI is InChI=1S/C19H18N4O4/c1-27-14-5-2-4-12(10-14)22-18(17-6-3-9-20-17)21-16-8-7-13(23(25)26)11-15(16)19(22)24/h2,4-5,7-8,10-11,17,20H,3,6,9H2,1H3. The third kappa shape index (κ3) is 3.04. The van der Waals surface area contributed by atoms with Crippen LogP contribution in [0.1, 0.15) is 24.7 Å². The van der Waals surface area contributed by atoms with Crippen LogP contribution >= 0.6 is 0 Å². The van der Waals surface area contributed by atoms with E-state index in [1.165, 1.54) is 22.8 Å². The van der Waals surface area contributed by atoms with Gasteiger partial charge in [-0.2, -0.15) is 0 Å². The van der Waals surface area contributed by atoms with Gasteiger partial charge in [-0.3, -0.25) is 19.5 Å². The largest absolute Gasteiger partial charge is 0.497 e. The van der Waals surface area contributed by atoms with Gasteiger partial charge in [0.1, 0.15) is 11.6 Å². The molecule has 4 rings (SSSR count). The molecule has 2 heterocycles. The van der Waals surface area contributed by atoms with Gasteiger partial charge < -0.3 is 10.1 Å². The number of methoxy groups -OCH3 is 1. The van der Waals surface area contributed by atoms with Crippen molar-refractivity contribution in [2.24, 2.45) is 0 Å². The quantitative estimate of drug-likeness (QED) is 0.563. The Morgan fingerprint density at radius 3 is 2.85 bits per heavy atom. The van der Waals surface area contributed by atoms with Crippen LogP contribution in [0.25, 0.3) is 16.6 Å². The number of nitro groups is 1. The van der Waals surface area contributed by atoms with Crippen molar-refractivity contribution in [1.29, 1.82) is 0 Å². The zero-order valence-corrected chi connectivity index (χ0v) is 14.7. The summed E-state index contributed by atoms with van der Waals surface area (Å²) in [5.74, 6) is 1.22. The molecule has 8 nitrogen and oxygen atoms in total. The molecule has 1 aliphatic heterocycles. The van der Waals surface area contributed by atoms with E-state index < -0.39 is 4.92 Å². The number of fused-ring (bicyclic) bond motifs is 1. The van der Waals surface area contributed by atoms with Crippen molar-refractivity contribution in [2.45, 2.75) is 18.9 Å². The molecule has 27 heavy (non-hydrogen) atoms. The summed E-state index contributed by atoms with van der Waals surface area (Å²) in [6, 6.07) is 11.3. The molecule has 3 aromatic rings. The number of hydrogen-bond acceptors (Lipinski definition) is 6. The maximum absolute atomic E-state index is 13.3. The van der Waals surface area contributed by atoms with E-state index >= 15 is 0 Å². The lowest BCUT2D eigenvalue weighted by molar-refractivity contribution is -0.384. The fourth-order valence-electron chi connectivity index (χ4n) is 3.44. The first-order chi connectivity index (χ1) is 13.1. The minimum Gasteiger partial charge on any atom is -0.497 e. The first kappa shape index (κ1) is 17.2. The summed E-state index contributed by atoms with van der Waals surface area (Å²) >= 11 is 0. The van der Waals surface area contributed by atoms with E-state index in [1.807, 2.05) is 0 Å². The van der Waals surface area contributed by atoms with Crippen molar-refractivity contribution in [1.82, 2.24) is 14.9 Å². The maximum Gasteiger partial charge on any atom is 0.270 e. The molecule has 1 aliphatic rings. The topological polar surface area (TPSA) is 99.3 Å². The van der Waals surface area contributed by atoms with Gasteiger partial charge in [-0.15, -0.1) is 0 Å². The SMILES string of the molecule is COc1cccc(-n2c(C3CCCN3)nc3ccc([N+](=O)[O-])cc3c2=O)c1. The highest BCUT2D eigenvalue weighted by molar-refractivity contribution is 5.80. The van der Waals surface area contributed by atoms with Gasteiger partial charge in [-0.25, -0.2) is 4.98 Å². The molecule has 0 spiro atoms. The Balaban J connectivity index is 2.02. The molecular formula is C19H18N4O4. The van der Waals surface area contributed by atoms with Crippen molar-refractivity contribution in [3.8, 4) is 11.4 Å². The van der Waals surface area contributed by atoms with Crippen LogP contribution in [0.4, 0.5) is 5.69 Å². The Hall–Kier alpha value is -3.26. The fraction of sp³-hybridized carbons (Fsp3) is 0.263. The van der Waals surface area contributed by atoms with E-state index in [4.69, 9.17) is 4.74 Å². The van der Waals surface area contributed by atoms with E-state index in [-0.39, 0.29) is 22.7 Å². The Kier molecular flexibility index (Phi) is 4.33. The van der Waals surface area contributed by atoms with E-state index in [0.717, 1.165) is 19.4 Å². The number of non-ortho nitro benzene ring substituents is 1. The molecule has 1 atom stereocenters. The monoisotopic (exact) mass is 366 g/mol. The molecule has 1 saturated heterocycles. The number of rotatable bonds is 4. The van der Waals surface area contributed by atoms with Crippen LogP contribution < -0.4 is 15.6 Å². The summed E-state index contributed by atoms with van der Waals surface area (Å²) in [5.41, 5.74) is 0.600. The van der Waals surface area contributed by atoms with Gasteiger partial charge in [0.2, 0.25) is 0 Å². The number of ether oxygens (including phenoxy) is 1. The Morgan fingerprint density at radius 1 is 1.30 bits per heavy atom. The van der Waals surface area contributed by atoms with Gasteiger partial charge in [0.05, 0.1) is 34.7 Å². The summed E-state index contributed by atoms with van der Waals surface area (Å²) in [5, 5.41) is 14.7. The zero-order valence-electron chi connectivity index (χ0n) is 14.7. The Morgan fingerprint density at radius 2 is 2.15 bits per heavy atom. The minimum absolute atomic E-state index is 0.0523. The highest BCUT2D eigenvalue weighted by Crippen LogP contribution is 2.26. The van der Waals surface area contributed by atoms with Gasteiger partial charge in [0.15, 0.2) is 0 Å². The normalized spacial score (nSPS) is 16.6. The summed E-state index contributed by atoms with van der Waals surface area (Å²) < 4.78 is 6.80. The second-order valence-corrected chi connectivity index (χ2v) is 6.42. The lowest BCUT2D eigenvalue weighted by Gasteiger charge is -2.18. The molecule has 1 fully saturated rings. The van der Waals surface area contributed by atoms with Crippen LogP contribution in [-0.4, -0.2) is 28.1 Å². The molecule has 138 valence electrons. The predicted octanol–water partition coefficient (Wildman–Crippen LogP) is 2.73. The van der Waals surface area contributed by atoms with Crippen LogP contribution in [0.3, 0.4) is 0 Å². The van der Waals surface area contributed by atoms with E-state index in [1.54, 1.807) is 31.4 Å². The van der Waals surface area contributed by atoms with Crippen molar-refractivity contribution in [3.63, 3.8) is 0 Å². The number of nitrogens with one attached hydrogen (secondary N) is 1. The highest BCUT2D eigenvalue weighted by atomic mass is 16.6. The Labute approximate surface area is 154 Å². The molecule has 0 saturated carbocycles. The fourth-order valence-corrected chi connectivity index (χ4v) is 3.44. The van der Waals surface area contributed by atoms with E-state index in [0.29, 0.717) is 22.8 Å². The summed E-state index contributed by atoms with van der Waals surface area (Å²) in [6.07, 6.45) is 1.87. The number of nitrogens with zero attached hydrogens (tertiary/aromatic N) is 3. The van der Waals surface area contributed by atoms with E-state index in [2.05, 4.69) is 10.3 Å². The lowest BCUT2D eigenvalue weighted by atomic mass is 10.1. The number of hydrogen-bond donors (Lipinski definition) is 1. The van der Waals surface area contributed by atoms with Crippen LogP contribution in [-0.2, 0) is 0 Å². The van der Waals surface area contributed by atoms with Gasteiger partial charge >= 0.3 is 0 Å². The van der Waals surface area contributed by atoms with Crippen LogP contribution in [0.15, 0.2) is 47.3 Å². The molecule has 0 aliphatic carbocycles. The highest BCUT2D eigenvalue weighted by Gasteiger charge is 2.24. The van der Waals surface area contributed by atoms with Gasteiger partial charge in [0.25, 0.3) is 11.2 Å². The predicted molar refractivity (Wildman–Crippen MR) is 101 cm³/mol. The van der Waals surface area contributed by atoms with E-state index in [9.17, 15) is 14.9 Å². The average molecular weight is 366 g/mol. The molecule has 8 heteroatoms. The van der Waals surface area contributed by atoms with Crippen LogP contribution in [0.2, 0.25) is 0 Å². The molecule has 2 aromatic carbocycles. The van der Waals surface area contributed by atoms with Crippen molar-refractivity contribution >= 4 is 16.6 Å². The van der Waals surface area contributed by atoms with Crippen molar-refractivity contribution in [3.05, 3.63) is 68.8 Å². The van der Waals surface area contributed by atoms with Gasteiger partial charge in [0, 0.05) is 18.2 Å². The van der Waals surface area contributed by atoms with Crippen molar-refractivity contribution < 1.29 is 9.66 Å². The smallest absolute Gasteiger partial charge is 0.270 e. The van der Waals surface area contributed by atoms with Gasteiger partial charge in [-0.1, -0.05) is 6.07 Å². The number of nitro benzene ring substituents is 1. The third-order valence-corrected chi connectivity index (χ3v) is 4.77. The lowest BCUT2D eigenvalue weighted by Crippen LogP contribution is -2.28. The molecular weight excluding hydrogens is 348 g/mol. The summed E-state index contributed by atoms with van der Waals surface area (Å²) in [4.78, 5) is 28.6. The Bertz CT molecular complexity index is 1090. The maximum atomic E-state index is 13.3. The van der Waals surface area contributed by atoms with Gasteiger partial charge in [-0.05, 0) is 37.6 Å². The van der Waals surface area contributed by atoms with Crippen LogP contribution in [0, 0.1) is 10.1 Å². The van der Waals surface area contributed by atoms with Crippen molar-refractivity contribution in [2.75, 3.05) is 13.7 Å². The molecule has 1 aromatic heterocycles. The molecule has 0 amide bonds. The molecule has 0 radical (unpaired) electrons. The number of aromatic nitrogens is 2. The third-order valence-electron chi connectivity index (χ3n) is 4.77. The van der Waals surface area contributed by atoms with Crippen LogP contribution in [0.5, 0.6) is 5.75 Å². The molecule has 0 bridgehead atoms. The first-order valence-corrected chi connectivity index (χ1v) is 8.67. The second-order valence-electron chi connectivity index (χ2n) is 6.42. The summed E-state index contributed by atoms with van der Waals surface area (Å²) in [6.45, 7) is 0.858.